The van der Waals surface area contributed by atoms with E-state index in [0.29, 0.717) is 0 Å². The zero-order valence-electron chi connectivity index (χ0n) is 17.5. The fraction of sp³-hybridized carbons (Fsp3) is 0.269. The highest BCUT2D eigenvalue weighted by Gasteiger charge is 2.17. The van der Waals surface area contributed by atoms with Crippen LogP contribution in [0.2, 0.25) is 0 Å². The first-order chi connectivity index (χ1) is 14.2. The van der Waals surface area contributed by atoms with Gasteiger partial charge in [-0.3, -0.25) is 0 Å². The normalized spacial score (nSPS) is 11.8. The molecule has 0 N–H and O–H groups in total. The number of benzene rings is 2. The minimum atomic E-state index is 1.06. The lowest BCUT2D eigenvalue weighted by atomic mass is 10.1. The summed E-state index contributed by atoms with van der Waals surface area (Å²) in [7, 11) is 2.19. The second kappa shape index (κ2) is 7.07. The highest BCUT2D eigenvalue weighted by Crippen LogP contribution is 2.24. The molecule has 0 aliphatic heterocycles. The Morgan fingerprint density at radius 3 is 2.59 bits per heavy atom. The van der Waals surface area contributed by atoms with Crippen molar-refractivity contribution in [2.24, 2.45) is 0 Å². The summed E-state index contributed by atoms with van der Waals surface area (Å²) >= 11 is 0. The summed E-state index contributed by atoms with van der Waals surface area (Å²) in [4.78, 5) is 2.35. The number of nitrogens with zero attached hydrogens (tertiary/aromatic N) is 3. The predicted octanol–water partition coefficient (Wildman–Crippen LogP) is 5.78. The number of hydrogen-bond acceptors (Lipinski definition) is 1. The summed E-state index contributed by atoms with van der Waals surface area (Å²) < 4.78 is 4.70. The van der Waals surface area contributed by atoms with E-state index in [-0.39, 0.29) is 0 Å². The minimum absolute atomic E-state index is 1.06. The Labute approximate surface area is 171 Å². The van der Waals surface area contributed by atoms with E-state index < -0.39 is 0 Å². The van der Waals surface area contributed by atoms with Gasteiger partial charge in [0.1, 0.15) is 17.2 Å². The number of aryl methyl sites for hydroxylation is 1. The molecule has 0 fully saturated rings. The maximum Gasteiger partial charge on any atom is 0.292 e. The first-order valence-corrected chi connectivity index (χ1v) is 10.7. The molecule has 2 aromatic carbocycles. The van der Waals surface area contributed by atoms with Crippen molar-refractivity contribution in [1.29, 1.82) is 0 Å². The van der Waals surface area contributed by atoms with Crippen molar-refractivity contribution in [3.05, 3.63) is 72.4 Å². The summed E-state index contributed by atoms with van der Waals surface area (Å²) in [6.07, 6.45) is 5.76. The van der Waals surface area contributed by atoms with Crippen LogP contribution in [0.15, 0.2) is 66.9 Å². The van der Waals surface area contributed by atoms with Crippen molar-refractivity contribution in [3.63, 3.8) is 0 Å². The Morgan fingerprint density at radius 1 is 0.897 bits per heavy atom. The SMILES string of the molecule is CCCCN(C)c1ccc2c(ccc3n4c(ccc5cc(CC)ccc54)c[n+]23)c1. The molecular formula is C26H28N3+. The van der Waals surface area contributed by atoms with E-state index in [1.807, 2.05) is 0 Å². The number of hydrogen-bond donors (Lipinski definition) is 0. The highest BCUT2D eigenvalue weighted by atomic mass is 15.1. The van der Waals surface area contributed by atoms with Gasteiger partial charge in [-0.1, -0.05) is 26.3 Å². The van der Waals surface area contributed by atoms with Crippen molar-refractivity contribution >= 4 is 38.7 Å². The zero-order valence-corrected chi connectivity index (χ0v) is 17.5. The molecule has 0 amide bonds. The Balaban J connectivity index is 1.71. The molecule has 146 valence electrons. The highest BCUT2D eigenvalue weighted by molar-refractivity contribution is 5.86. The molecule has 29 heavy (non-hydrogen) atoms. The summed E-state index contributed by atoms with van der Waals surface area (Å²) in [5.74, 6) is 0. The molecule has 3 heteroatoms. The summed E-state index contributed by atoms with van der Waals surface area (Å²) in [6, 6.07) is 22.6. The molecular weight excluding hydrogens is 354 g/mol. The standard InChI is InChI=1S/C26H28N3/c1-4-6-15-27(3)22-11-13-24-21(17-22)9-14-26-28(24)18-23-10-8-20-16-19(5-2)7-12-25(20)29(23)26/h7-14,16-18H,4-6,15H2,1-3H3/q+1. The van der Waals surface area contributed by atoms with E-state index in [1.54, 1.807) is 0 Å². The van der Waals surface area contributed by atoms with Gasteiger partial charge in [-0.25, -0.2) is 0 Å². The van der Waals surface area contributed by atoms with E-state index >= 15 is 0 Å². The molecule has 0 saturated heterocycles. The molecule has 3 nitrogen and oxygen atoms in total. The Kier molecular flexibility index (Phi) is 4.39. The van der Waals surface area contributed by atoms with Crippen molar-refractivity contribution in [2.75, 3.05) is 18.5 Å². The van der Waals surface area contributed by atoms with Crippen LogP contribution in [0, 0.1) is 0 Å². The Hall–Kier alpha value is -3.07. The average molecular weight is 383 g/mol. The van der Waals surface area contributed by atoms with Gasteiger partial charge >= 0.3 is 0 Å². The summed E-state index contributed by atoms with van der Waals surface area (Å²) in [5.41, 5.74) is 7.60. The maximum atomic E-state index is 2.37. The first-order valence-electron chi connectivity index (χ1n) is 10.7. The Morgan fingerprint density at radius 2 is 1.76 bits per heavy atom. The van der Waals surface area contributed by atoms with Crippen molar-refractivity contribution in [2.45, 2.75) is 33.1 Å². The molecule has 0 unspecified atom stereocenters. The van der Waals surface area contributed by atoms with Gasteiger partial charge in [0, 0.05) is 36.1 Å². The van der Waals surface area contributed by atoms with Crippen molar-refractivity contribution in [1.82, 2.24) is 4.40 Å². The molecule has 0 saturated carbocycles. The topological polar surface area (TPSA) is 11.8 Å². The number of unbranched alkanes of at least 4 members (excludes halogenated alkanes) is 1. The van der Waals surface area contributed by atoms with Gasteiger partial charge in [-0.15, -0.1) is 0 Å². The molecule has 3 aromatic heterocycles. The quantitative estimate of drug-likeness (QED) is 0.351. The number of fused-ring (bicyclic) bond motifs is 7. The number of rotatable bonds is 5. The fourth-order valence-electron chi connectivity index (χ4n) is 4.38. The van der Waals surface area contributed by atoms with E-state index in [9.17, 15) is 0 Å². The number of anilines is 1. The van der Waals surface area contributed by atoms with Crippen molar-refractivity contribution < 1.29 is 4.40 Å². The van der Waals surface area contributed by atoms with Crippen LogP contribution in [0.4, 0.5) is 5.69 Å². The molecule has 0 atom stereocenters. The molecule has 5 rings (SSSR count). The Bertz CT molecular complexity index is 1350. The zero-order chi connectivity index (χ0) is 20.0. The van der Waals surface area contributed by atoms with E-state index in [2.05, 4.69) is 101 Å². The van der Waals surface area contributed by atoms with Crippen LogP contribution >= 0.6 is 0 Å². The molecule has 5 aromatic rings. The number of pyridine rings is 2. The second-order valence-corrected chi connectivity index (χ2v) is 8.05. The van der Waals surface area contributed by atoms with Crippen LogP contribution in [0.5, 0.6) is 0 Å². The van der Waals surface area contributed by atoms with Crippen LogP contribution < -0.4 is 9.30 Å². The van der Waals surface area contributed by atoms with Gasteiger partial charge in [0.25, 0.3) is 5.65 Å². The third kappa shape index (κ3) is 2.93. The van der Waals surface area contributed by atoms with Gasteiger partial charge in [0.2, 0.25) is 0 Å². The van der Waals surface area contributed by atoms with Crippen LogP contribution in [-0.4, -0.2) is 18.0 Å². The summed E-state index contributed by atoms with van der Waals surface area (Å²) in [5, 5.41) is 2.57. The average Bonchev–Trinajstić information content (AvgIpc) is 3.16. The van der Waals surface area contributed by atoms with Gasteiger partial charge < -0.3 is 4.90 Å². The molecule has 0 aliphatic rings. The largest absolute Gasteiger partial charge is 0.375 e. The lowest BCUT2D eigenvalue weighted by Crippen LogP contribution is -2.21. The van der Waals surface area contributed by atoms with E-state index in [0.717, 1.165) is 13.0 Å². The first kappa shape index (κ1) is 18.0. The number of aromatic nitrogens is 2. The van der Waals surface area contributed by atoms with E-state index in [1.165, 1.54) is 57.1 Å². The van der Waals surface area contributed by atoms with Crippen molar-refractivity contribution in [3.8, 4) is 0 Å². The monoisotopic (exact) mass is 382 g/mol. The van der Waals surface area contributed by atoms with Gasteiger partial charge in [0.05, 0.1) is 0 Å². The molecule has 0 spiro atoms. The predicted molar refractivity (Wildman–Crippen MR) is 123 cm³/mol. The van der Waals surface area contributed by atoms with Gasteiger partial charge in [-0.05, 0) is 66.9 Å². The van der Waals surface area contributed by atoms with Crippen LogP contribution in [0.3, 0.4) is 0 Å². The smallest absolute Gasteiger partial charge is 0.292 e. The van der Waals surface area contributed by atoms with Crippen LogP contribution in [0.25, 0.3) is 33.0 Å². The third-order valence-electron chi connectivity index (χ3n) is 6.14. The van der Waals surface area contributed by atoms with E-state index in [4.69, 9.17) is 0 Å². The van der Waals surface area contributed by atoms with Gasteiger partial charge in [-0.2, -0.15) is 8.80 Å². The molecule has 3 heterocycles. The van der Waals surface area contributed by atoms with Crippen LogP contribution in [-0.2, 0) is 6.42 Å². The number of imidazole rings is 1. The molecule has 0 radical (unpaired) electrons. The second-order valence-electron chi connectivity index (χ2n) is 8.05. The van der Waals surface area contributed by atoms with Gasteiger partial charge in [0.15, 0.2) is 5.52 Å². The lowest BCUT2D eigenvalue weighted by Gasteiger charge is -2.19. The van der Waals surface area contributed by atoms with Crippen LogP contribution in [0.1, 0.15) is 32.3 Å². The minimum Gasteiger partial charge on any atom is -0.375 e. The molecule has 0 bridgehead atoms. The molecule has 0 aliphatic carbocycles. The summed E-state index contributed by atoms with van der Waals surface area (Å²) in [6.45, 7) is 5.55. The lowest BCUT2D eigenvalue weighted by molar-refractivity contribution is -0.479. The fourth-order valence-corrected chi connectivity index (χ4v) is 4.38. The third-order valence-corrected chi connectivity index (χ3v) is 6.14. The maximum absolute atomic E-state index is 2.37.